The minimum atomic E-state index is 0.379. The summed E-state index contributed by atoms with van der Waals surface area (Å²) in [6, 6.07) is 0.600. The van der Waals surface area contributed by atoms with Crippen LogP contribution in [-0.2, 0) is 0 Å². The molecular weight excluding hydrogens is 228 g/mol. The zero-order valence-corrected chi connectivity index (χ0v) is 12.3. The molecule has 2 nitrogen and oxygen atoms in total. The van der Waals surface area contributed by atoms with Gasteiger partial charge in [-0.15, -0.1) is 0 Å². The lowest BCUT2D eigenvalue weighted by Gasteiger charge is -2.32. The molecule has 1 aliphatic carbocycles. The van der Waals surface area contributed by atoms with E-state index in [9.17, 15) is 0 Å². The quantitative estimate of drug-likeness (QED) is 0.813. The molecule has 3 heteroatoms. The fraction of sp³-hybridized carbons (Fsp3) is 0.929. The van der Waals surface area contributed by atoms with E-state index in [2.05, 4.69) is 31.1 Å². The summed E-state index contributed by atoms with van der Waals surface area (Å²) in [6.07, 6.45) is 7.08. The van der Waals surface area contributed by atoms with Crippen molar-refractivity contribution in [2.45, 2.75) is 58.9 Å². The number of nitrogens with zero attached hydrogens (tertiary/aromatic N) is 1. The van der Waals surface area contributed by atoms with Crippen molar-refractivity contribution in [2.75, 3.05) is 12.3 Å². The van der Waals surface area contributed by atoms with Gasteiger partial charge in [0.05, 0.1) is 0 Å². The standard InChI is InChI=1S/C14H26N2S/c1-11(12-7-5-4-6-8-12)16-13-15-9-14(2,3)10-17-13/h11-12H,4-10H2,1-3H3,(H,15,16). The van der Waals surface area contributed by atoms with Crippen LogP contribution in [-0.4, -0.2) is 23.5 Å². The van der Waals surface area contributed by atoms with E-state index in [1.165, 1.54) is 43.0 Å². The molecule has 1 heterocycles. The molecule has 1 unspecified atom stereocenters. The molecule has 2 aliphatic rings. The average molecular weight is 254 g/mol. The Morgan fingerprint density at radius 1 is 1.29 bits per heavy atom. The van der Waals surface area contributed by atoms with E-state index in [0.717, 1.165) is 12.5 Å². The molecule has 0 aromatic carbocycles. The molecule has 0 amide bonds. The molecule has 0 saturated heterocycles. The topological polar surface area (TPSA) is 24.4 Å². The lowest BCUT2D eigenvalue weighted by Crippen LogP contribution is -2.40. The van der Waals surface area contributed by atoms with Gasteiger partial charge in [0, 0.05) is 18.3 Å². The van der Waals surface area contributed by atoms with Gasteiger partial charge in [-0.1, -0.05) is 44.9 Å². The number of aliphatic imine (C=N–C) groups is 1. The van der Waals surface area contributed by atoms with E-state index in [1.54, 1.807) is 0 Å². The van der Waals surface area contributed by atoms with E-state index in [0.29, 0.717) is 11.5 Å². The molecule has 0 spiro atoms. The van der Waals surface area contributed by atoms with E-state index in [4.69, 9.17) is 0 Å². The number of amidine groups is 1. The van der Waals surface area contributed by atoms with Gasteiger partial charge in [0.15, 0.2) is 5.17 Å². The number of hydrogen-bond acceptors (Lipinski definition) is 3. The van der Waals surface area contributed by atoms with Crippen LogP contribution in [0.4, 0.5) is 0 Å². The molecule has 1 aliphatic heterocycles. The van der Waals surface area contributed by atoms with Gasteiger partial charge in [-0.2, -0.15) is 0 Å². The highest BCUT2D eigenvalue weighted by Crippen LogP contribution is 2.29. The van der Waals surface area contributed by atoms with Gasteiger partial charge < -0.3 is 5.32 Å². The summed E-state index contributed by atoms with van der Waals surface area (Å²) >= 11 is 1.90. The molecule has 1 N–H and O–H groups in total. The SMILES string of the molecule is CC(NC1=NCC(C)(C)CS1)C1CCCCC1. The van der Waals surface area contributed by atoms with Crippen molar-refractivity contribution in [2.24, 2.45) is 16.3 Å². The van der Waals surface area contributed by atoms with Gasteiger partial charge in [-0.3, -0.25) is 4.99 Å². The lowest BCUT2D eigenvalue weighted by atomic mass is 9.85. The van der Waals surface area contributed by atoms with Crippen molar-refractivity contribution in [3.8, 4) is 0 Å². The molecule has 98 valence electrons. The van der Waals surface area contributed by atoms with Crippen molar-refractivity contribution in [3.63, 3.8) is 0 Å². The Morgan fingerprint density at radius 2 is 2.00 bits per heavy atom. The van der Waals surface area contributed by atoms with Crippen molar-refractivity contribution >= 4 is 16.9 Å². The third-order valence-electron chi connectivity index (χ3n) is 3.96. The highest BCUT2D eigenvalue weighted by Gasteiger charge is 2.26. The average Bonchev–Trinajstić information content (AvgIpc) is 2.33. The van der Waals surface area contributed by atoms with Crippen LogP contribution in [0.15, 0.2) is 4.99 Å². The summed E-state index contributed by atoms with van der Waals surface area (Å²) in [5, 5.41) is 4.82. The second-order valence-corrected chi connectivity index (χ2v) is 7.37. The maximum atomic E-state index is 4.69. The van der Waals surface area contributed by atoms with Crippen LogP contribution in [0.1, 0.15) is 52.9 Å². The maximum Gasteiger partial charge on any atom is 0.156 e. The van der Waals surface area contributed by atoms with Crippen LogP contribution in [0, 0.1) is 11.3 Å². The van der Waals surface area contributed by atoms with Crippen molar-refractivity contribution in [3.05, 3.63) is 0 Å². The largest absolute Gasteiger partial charge is 0.362 e. The molecule has 0 bridgehead atoms. The molecule has 1 fully saturated rings. The van der Waals surface area contributed by atoms with E-state index >= 15 is 0 Å². The van der Waals surface area contributed by atoms with Crippen molar-refractivity contribution in [1.29, 1.82) is 0 Å². The van der Waals surface area contributed by atoms with Crippen molar-refractivity contribution < 1.29 is 0 Å². The summed E-state index contributed by atoms with van der Waals surface area (Å²) in [6.45, 7) is 7.90. The molecule has 17 heavy (non-hydrogen) atoms. The van der Waals surface area contributed by atoms with Crippen LogP contribution in [0.5, 0.6) is 0 Å². The normalized spacial score (nSPS) is 27.4. The highest BCUT2D eigenvalue weighted by atomic mass is 32.2. The molecule has 1 saturated carbocycles. The Kier molecular flexibility index (Phi) is 4.40. The first-order valence-electron chi connectivity index (χ1n) is 7.01. The summed E-state index contributed by atoms with van der Waals surface area (Å²) in [4.78, 5) is 4.69. The molecule has 0 aromatic rings. The lowest BCUT2D eigenvalue weighted by molar-refractivity contribution is 0.302. The summed E-state index contributed by atoms with van der Waals surface area (Å²) < 4.78 is 0. The predicted molar refractivity (Wildman–Crippen MR) is 77.7 cm³/mol. The third kappa shape index (κ3) is 3.90. The Bertz CT molecular complexity index is 280. The Morgan fingerprint density at radius 3 is 2.59 bits per heavy atom. The number of thioether (sulfide) groups is 1. The van der Waals surface area contributed by atoms with Crippen molar-refractivity contribution in [1.82, 2.24) is 5.32 Å². The molecule has 0 aromatic heterocycles. The minimum absolute atomic E-state index is 0.379. The van der Waals surface area contributed by atoms with Gasteiger partial charge in [0.2, 0.25) is 0 Å². The van der Waals surface area contributed by atoms with Crippen LogP contribution < -0.4 is 5.32 Å². The molecule has 1 atom stereocenters. The highest BCUT2D eigenvalue weighted by molar-refractivity contribution is 8.13. The second-order valence-electron chi connectivity index (χ2n) is 6.41. The van der Waals surface area contributed by atoms with E-state index in [1.807, 2.05) is 11.8 Å². The second kappa shape index (κ2) is 5.64. The molecule has 2 rings (SSSR count). The summed E-state index contributed by atoms with van der Waals surface area (Å²) in [5.74, 6) is 2.05. The predicted octanol–water partition coefficient (Wildman–Crippen LogP) is 3.67. The number of hydrogen-bond donors (Lipinski definition) is 1. The van der Waals surface area contributed by atoms with E-state index in [-0.39, 0.29) is 0 Å². The van der Waals surface area contributed by atoms with E-state index < -0.39 is 0 Å². The minimum Gasteiger partial charge on any atom is -0.362 e. The zero-order valence-electron chi connectivity index (χ0n) is 11.5. The fourth-order valence-corrected chi connectivity index (χ4v) is 3.72. The first kappa shape index (κ1) is 13.3. The van der Waals surface area contributed by atoms with Gasteiger partial charge in [0.25, 0.3) is 0 Å². The molecule has 0 radical (unpaired) electrons. The first-order valence-corrected chi connectivity index (χ1v) is 7.99. The first-order chi connectivity index (χ1) is 8.07. The van der Waals surface area contributed by atoms with Crippen LogP contribution in [0.3, 0.4) is 0 Å². The Balaban J connectivity index is 1.82. The number of nitrogens with one attached hydrogen (secondary N) is 1. The van der Waals surface area contributed by atoms with Crippen LogP contribution >= 0.6 is 11.8 Å². The van der Waals surface area contributed by atoms with Gasteiger partial charge in [-0.05, 0) is 31.1 Å². The molecular formula is C14H26N2S. The summed E-state index contributed by atoms with van der Waals surface area (Å²) in [5.41, 5.74) is 0.379. The fourth-order valence-electron chi connectivity index (χ4n) is 2.67. The van der Waals surface area contributed by atoms with Crippen LogP contribution in [0.2, 0.25) is 0 Å². The van der Waals surface area contributed by atoms with Crippen LogP contribution in [0.25, 0.3) is 0 Å². The Hall–Kier alpha value is -0.180. The summed E-state index contributed by atoms with van der Waals surface area (Å²) in [7, 11) is 0. The van der Waals surface area contributed by atoms with Gasteiger partial charge in [-0.25, -0.2) is 0 Å². The zero-order chi connectivity index (χ0) is 12.3. The maximum absolute atomic E-state index is 4.69. The van der Waals surface area contributed by atoms with Gasteiger partial charge >= 0.3 is 0 Å². The third-order valence-corrected chi connectivity index (χ3v) is 5.40. The smallest absolute Gasteiger partial charge is 0.156 e. The van der Waals surface area contributed by atoms with Gasteiger partial charge in [0.1, 0.15) is 0 Å². The monoisotopic (exact) mass is 254 g/mol. The Labute approximate surface area is 110 Å². The number of rotatable bonds is 2.